The molecule has 0 nitrogen and oxygen atoms in total. The lowest BCUT2D eigenvalue weighted by atomic mass is 10.1. The van der Waals surface area contributed by atoms with Crippen LogP contribution < -0.4 is 0 Å². The van der Waals surface area contributed by atoms with Gasteiger partial charge in [0.05, 0.1) is 5.03 Å². The summed E-state index contributed by atoms with van der Waals surface area (Å²) in [4.78, 5) is 0. The second kappa shape index (κ2) is 7.73. The number of benzene rings is 1. The zero-order valence-corrected chi connectivity index (χ0v) is 12.5. The van der Waals surface area contributed by atoms with E-state index < -0.39 is 0 Å². The molecule has 0 unspecified atom stereocenters. The van der Waals surface area contributed by atoms with Gasteiger partial charge in [-0.3, -0.25) is 0 Å². The zero-order chi connectivity index (χ0) is 12.7. The van der Waals surface area contributed by atoms with E-state index in [4.69, 9.17) is 11.6 Å². The Bertz CT molecular complexity index is 390. The molecule has 0 atom stereocenters. The Morgan fingerprint density at radius 3 is 2.53 bits per heavy atom. The van der Waals surface area contributed by atoms with E-state index in [1.807, 2.05) is 6.08 Å². The average molecular weight is 314 g/mol. The van der Waals surface area contributed by atoms with Gasteiger partial charge in [0.2, 0.25) is 0 Å². The van der Waals surface area contributed by atoms with Gasteiger partial charge in [-0.05, 0) is 36.8 Å². The molecule has 1 aromatic carbocycles. The molecule has 2 heteroatoms. The summed E-state index contributed by atoms with van der Waals surface area (Å²) in [5.74, 6) is 0. The average Bonchev–Trinajstić information content (AvgIpc) is 2.38. The molecule has 92 valence electrons. The van der Waals surface area contributed by atoms with E-state index in [1.54, 1.807) is 0 Å². The van der Waals surface area contributed by atoms with Gasteiger partial charge in [0.15, 0.2) is 0 Å². The third-order valence-electron chi connectivity index (χ3n) is 2.66. The molecule has 0 heterocycles. The topological polar surface area (TPSA) is 0 Å². The Balaban J connectivity index is 2.74. The second-order valence-electron chi connectivity index (χ2n) is 3.95. The molecule has 0 saturated heterocycles. The Kier molecular flexibility index (Phi) is 6.61. The highest BCUT2D eigenvalue weighted by Gasteiger charge is 2.04. The van der Waals surface area contributed by atoms with E-state index in [-0.39, 0.29) is 0 Å². The lowest BCUT2D eigenvalue weighted by Crippen LogP contribution is -1.84. The van der Waals surface area contributed by atoms with E-state index in [0.29, 0.717) is 0 Å². The molecule has 17 heavy (non-hydrogen) atoms. The summed E-state index contributed by atoms with van der Waals surface area (Å²) in [7, 11) is 0. The van der Waals surface area contributed by atoms with E-state index in [0.717, 1.165) is 40.8 Å². The molecule has 0 aliphatic carbocycles. The van der Waals surface area contributed by atoms with E-state index >= 15 is 0 Å². The van der Waals surface area contributed by atoms with Crippen LogP contribution in [0.5, 0.6) is 0 Å². The van der Waals surface area contributed by atoms with Gasteiger partial charge >= 0.3 is 0 Å². The van der Waals surface area contributed by atoms with Crippen molar-refractivity contribution in [2.45, 2.75) is 32.6 Å². The van der Waals surface area contributed by atoms with Gasteiger partial charge in [-0.1, -0.05) is 64.8 Å². The predicted octanol–water partition coefficient (Wildman–Crippen LogP) is 5.91. The Labute approximate surface area is 118 Å². The SMILES string of the molecule is C=CCCC/C(Br)=C(/Cl)c1ccc(CC)cc1. The molecule has 0 radical (unpaired) electrons. The van der Waals surface area contributed by atoms with Crippen LogP contribution in [0.1, 0.15) is 37.3 Å². The maximum atomic E-state index is 6.34. The third-order valence-corrected chi connectivity index (χ3v) is 4.13. The number of hydrogen-bond acceptors (Lipinski definition) is 0. The Hall–Kier alpha value is -0.530. The summed E-state index contributed by atoms with van der Waals surface area (Å²) in [5, 5.41) is 0.816. The van der Waals surface area contributed by atoms with Crippen LogP contribution in [-0.2, 0) is 6.42 Å². The Morgan fingerprint density at radius 2 is 2.00 bits per heavy atom. The monoisotopic (exact) mass is 312 g/mol. The van der Waals surface area contributed by atoms with Crippen molar-refractivity contribution >= 4 is 32.6 Å². The minimum absolute atomic E-state index is 0.816. The minimum Gasteiger partial charge on any atom is -0.103 e. The highest BCUT2D eigenvalue weighted by Crippen LogP contribution is 2.30. The van der Waals surface area contributed by atoms with Gasteiger partial charge in [-0.25, -0.2) is 0 Å². The minimum atomic E-state index is 0.816. The highest BCUT2D eigenvalue weighted by atomic mass is 79.9. The lowest BCUT2D eigenvalue weighted by molar-refractivity contribution is 0.866. The molecule has 0 bridgehead atoms. The van der Waals surface area contributed by atoms with Gasteiger partial charge in [-0.2, -0.15) is 0 Å². The largest absolute Gasteiger partial charge is 0.103 e. The molecule has 0 aliphatic rings. The first-order valence-electron chi connectivity index (χ1n) is 5.93. The summed E-state index contributed by atoms with van der Waals surface area (Å²) in [5.41, 5.74) is 2.41. The van der Waals surface area contributed by atoms with Crippen molar-refractivity contribution in [3.05, 3.63) is 52.5 Å². The van der Waals surface area contributed by atoms with Crippen LogP contribution in [0.25, 0.3) is 5.03 Å². The molecule has 0 fully saturated rings. The molecule has 1 rings (SSSR count). The number of rotatable bonds is 6. The third kappa shape index (κ3) is 4.69. The van der Waals surface area contributed by atoms with Gasteiger partial charge in [0.25, 0.3) is 0 Å². The number of hydrogen-bond donors (Lipinski definition) is 0. The van der Waals surface area contributed by atoms with Crippen molar-refractivity contribution in [3.63, 3.8) is 0 Å². The lowest BCUT2D eigenvalue weighted by Gasteiger charge is -2.05. The summed E-state index contributed by atoms with van der Waals surface area (Å²) in [6, 6.07) is 8.41. The fraction of sp³-hybridized carbons (Fsp3) is 0.333. The van der Waals surface area contributed by atoms with E-state index in [9.17, 15) is 0 Å². The van der Waals surface area contributed by atoms with Crippen LogP contribution in [0.15, 0.2) is 41.4 Å². The first kappa shape index (κ1) is 14.5. The quantitative estimate of drug-likeness (QED) is 0.452. The smallest absolute Gasteiger partial charge is 0.0579 e. The normalized spacial score (nSPS) is 12.2. The molecular formula is C15H18BrCl. The van der Waals surface area contributed by atoms with Crippen LogP contribution in [0.4, 0.5) is 0 Å². The van der Waals surface area contributed by atoms with Crippen LogP contribution in [-0.4, -0.2) is 0 Å². The van der Waals surface area contributed by atoms with Crippen molar-refractivity contribution in [3.8, 4) is 0 Å². The first-order chi connectivity index (χ1) is 8.19. The van der Waals surface area contributed by atoms with E-state index in [2.05, 4.69) is 53.7 Å². The number of halogens is 2. The fourth-order valence-electron chi connectivity index (χ4n) is 1.55. The summed E-state index contributed by atoms with van der Waals surface area (Å²) >= 11 is 9.90. The first-order valence-corrected chi connectivity index (χ1v) is 7.10. The van der Waals surface area contributed by atoms with Gasteiger partial charge < -0.3 is 0 Å². The fourth-order valence-corrected chi connectivity index (χ4v) is 2.28. The van der Waals surface area contributed by atoms with E-state index in [1.165, 1.54) is 5.56 Å². The molecule has 0 aliphatic heterocycles. The van der Waals surface area contributed by atoms with Crippen molar-refractivity contribution in [2.24, 2.45) is 0 Å². The molecule has 0 amide bonds. The van der Waals surface area contributed by atoms with Gasteiger partial charge in [0, 0.05) is 4.48 Å². The van der Waals surface area contributed by atoms with Crippen LogP contribution in [0.3, 0.4) is 0 Å². The molecule has 1 aromatic rings. The Morgan fingerprint density at radius 1 is 1.35 bits per heavy atom. The maximum Gasteiger partial charge on any atom is 0.0579 e. The summed E-state index contributed by atoms with van der Waals surface area (Å²) in [6.07, 6.45) is 6.05. The van der Waals surface area contributed by atoms with Gasteiger partial charge in [0.1, 0.15) is 0 Å². The number of allylic oxidation sites excluding steroid dienone is 2. The zero-order valence-electron chi connectivity index (χ0n) is 10.2. The molecule has 0 aromatic heterocycles. The number of aryl methyl sites for hydroxylation is 1. The van der Waals surface area contributed by atoms with Crippen molar-refractivity contribution in [2.75, 3.05) is 0 Å². The standard InChI is InChI=1S/C15H18BrCl/c1-3-5-6-7-14(16)15(17)13-10-8-12(4-2)9-11-13/h3,8-11H,1,4-7H2,2H3/b15-14-. The van der Waals surface area contributed by atoms with Crippen LogP contribution in [0.2, 0.25) is 0 Å². The summed E-state index contributed by atoms with van der Waals surface area (Å²) < 4.78 is 1.07. The van der Waals surface area contributed by atoms with Crippen molar-refractivity contribution in [1.29, 1.82) is 0 Å². The predicted molar refractivity (Wildman–Crippen MR) is 81.6 cm³/mol. The highest BCUT2D eigenvalue weighted by molar-refractivity contribution is 9.11. The van der Waals surface area contributed by atoms with Crippen LogP contribution in [0, 0.1) is 0 Å². The molecule has 0 N–H and O–H groups in total. The maximum absolute atomic E-state index is 6.34. The molecular weight excluding hydrogens is 296 g/mol. The number of unbranched alkanes of at least 4 members (excludes halogenated alkanes) is 1. The van der Waals surface area contributed by atoms with Gasteiger partial charge in [-0.15, -0.1) is 6.58 Å². The van der Waals surface area contributed by atoms with Crippen molar-refractivity contribution in [1.82, 2.24) is 0 Å². The molecule has 0 spiro atoms. The summed E-state index contributed by atoms with van der Waals surface area (Å²) in [6.45, 7) is 5.87. The second-order valence-corrected chi connectivity index (χ2v) is 5.29. The molecule has 0 saturated carbocycles. The van der Waals surface area contributed by atoms with Crippen LogP contribution >= 0.6 is 27.5 Å². The van der Waals surface area contributed by atoms with Crippen molar-refractivity contribution < 1.29 is 0 Å².